The largest absolute Gasteiger partial charge is 0.272 e. The van der Waals surface area contributed by atoms with Crippen LogP contribution in [-0.2, 0) is 11.2 Å². The van der Waals surface area contributed by atoms with E-state index in [1.165, 1.54) is 29.5 Å². The lowest BCUT2D eigenvalue weighted by Gasteiger charge is -2.29. The number of pyridine rings is 1. The summed E-state index contributed by atoms with van der Waals surface area (Å²) in [5, 5.41) is 16.5. The molecule has 0 bridgehead atoms. The van der Waals surface area contributed by atoms with Gasteiger partial charge in [0.15, 0.2) is 0 Å². The molecular formula is C27H23FN4OS. The van der Waals surface area contributed by atoms with Crippen LogP contribution in [0.25, 0.3) is 0 Å². The fourth-order valence-electron chi connectivity index (χ4n) is 4.90. The summed E-state index contributed by atoms with van der Waals surface area (Å²) in [6.07, 6.45) is 1.78. The maximum absolute atomic E-state index is 13.7. The van der Waals surface area contributed by atoms with E-state index >= 15 is 0 Å². The number of benzene rings is 2. The van der Waals surface area contributed by atoms with Crippen molar-refractivity contribution < 1.29 is 9.18 Å². The normalized spacial score (nSPS) is 18.6. The second kappa shape index (κ2) is 9.03. The van der Waals surface area contributed by atoms with E-state index in [-0.39, 0.29) is 29.4 Å². The van der Waals surface area contributed by atoms with Crippen LogP contribution >= 0.6 is 11.8 Å². The van der Waals surface area contributed by atoms with Crippen molar-refractivity contribution in [3.63, 3.8) is 0 Å². The van der Waals surface area contributed by atoms with Crippen molar-refractivity contribution in [2.45, 2.75) is 37.8 Å². The molecule has 1 amide bonds. The molecule has 0 spiro atoms. The summed E-state index contributed by atoms with van der Waals surface area (Å²) in [7, 11) is 0. The first-order valence-corrected chi connectivity index (χ1v) is 12.2. The molecule has 2 heterocycles. The molecule has 170 valence electrons. The first-order valence-electron chi connectivity index (χ1n) is 11.2. The van der Waals surface area contributed by atoms with Crippen molar-refractivity contribution in [3.8, 4) is 6.07 Å². The van der Waals surface area contributed by atoms with E-state index in [4.69, 9.17) is 5.10 Å². The number of halogens is 1. The van der Waals surface area contributed by atoms with E-state index in [2.05, 4.69) is 23.2 Å². The van der Waals surface area contributed by atoms with Crippen LogP contribution in [0, 0.1) is 36.9 Å². The van der Waals surface area contributed by atoms with Crippen LogP contribution < -0.4 is 0 Å². The molecule has 0 radical (unpaired) electrons. The summed E-state index contributed by atoms with van der Waals surface area (Å²) in [5.74, 6) is -0.324. The van der Waals surface area contributed by atoms with Gasteiger partial charge in [0, 0.05) is 17.2 Å². The average molecular weight is 471 g/mol. The van der Waals surface area contributed by atoms with Gasteiger partial charge in [-0.15, -0.1) is 0 Å². The number of carbonyl (C=O) groups excluding carboxylic acids is 1. The minimum absolute atomic E-state index is 0.0447. The molecule has 3 aromatic rings. The first-order chi connectivity index (χ1) is 16.5. The summed E-state index contributed by atoms with van der Waals surface area (Å²) >= 11 is 1.26. The smallest absolute Gasteiger partial charge is 0.253 e. The Kier molecular flexibility index (Phi) is 5.93. The average Bonchev–Trinajstić information content (AvgIpc) is 3.23. The Bertz CT molecular complexity index is 1350. The van der Waals surface area contributed by atoms with Crippen LogP contribution in [-0.4, -0.2) is 27.4 Å². The fraction of sp³-hybridized carbons (Fsp3) is 0.259. The van der Waals surface area contributed by atoms with Gasteiger partial charge >= 0.3 is 0 Å². The van der Waals surface area contributed by atoms with Crippen molar-refractivity contribution in [1.29, 1.82) is 5.26 Å². The Balaban J connectivity index is 1.48. The number of hydrogen-bond acceptors (Lipinski definition) is 5. The minimum Gasteiger partial charge on any atom is -0.272 e. The van der Waals surface area contributed by atoms with E-state index in [0.29, 0.717) is 10.6 Å². The third kappa shape index (κ3) is 3.99. The Labute approximate surface area is 202 Å². The van der Waals surface area contributed by atoms with E-state index in [1.54, 1.807) is 17.1 Å². The topological polar surface area (TPSA) is 69.3 Å². The van der Waals surface area contributed by atoms with Crippen LogP contribution in [0.1, 0.15) is 46.0 Å². The maximum Gasteiger partial charge on any atom is 0.253 e. The molecule has 0 fully saturated rings. The first kappa shape index (κ1) is 22.3. The molecule has 2 aromatic carbocycles. The molecule has 0 saturated carbocycles. The van der Waals surface area contributed by atoms with E-state index < -0.39 is 0 Å². The number of hydrazone groups is 1. The second-order valence-corrected chi connectivity index (χ2v) is 9.65. The number of nitrogens with zero attached hydrogens (tertiary/aromatic N) is 4. The zero-order valence-corrected chi connectivity index (χ0v) is 19.8. The predicted molar refractivity (Wildman–Crippen MR) is 130 cm³/mol. The van der Waals surface area contributed by atoms with Gasteiger partial charge in [-0.3, -0.25) is 4.79 Å². The fourth-order valence-corrected chi connectivity index (χ4v) is 5.86. The van der Waals surface area contributed by atoms with Gasteiger partial charge in [0.1, 0.15) is 16.9 Å². The van der Waals surface area contributed by atoms with Gasteiger partial charge < -0.3 is 0 Å². The zero-order valence-electron chi connectivity index (χ0n) is 19.0. The molecule has 0 N–H and O–H groups in total. The summed E-state index contributed by atoms with van der Waals surface area (Å²) in [4.78, 5) is 18.0. The number of aryl methyl sites for hydroxylation is 3. The van der Waals surface area contributed by atoms with E-state index in [0.717, 1.165) is 40.9 Å². The standard InChI is InChI=1S/C27H23FN4OS/c1-16-13-17(2)30-27(23(16)14-29)34-15-24(33)32-26(19-7-10-20(28)11-8-19)22-12-9-18-5-3-4-6-21(18)25(22)31-32/h3-8,10-11,13,22,26H,9,12,15H2,1-2H3/t22-,26-/m1/s1. The quantitative estimate of drug-likeness (QED) is 0.482. The Morgan fingerprint density at radius 1 is 1.21 bits per heavy atom. The van der Waals surface area contributed by atoms with Crippen LogP contribution in [0.5, 0.6) is 0 Å². The highest BCUT2D eigenvalue weighted by atomic mass is 32.2. The molecule has 0 saturated heterocycles. The van der Waals surface area contributed by atoms with Gasteiger partial charge in [-0.25, -0.2) is 14.4 Å². The third-order valence-corrected chi connectivity index (χ3v) is 7.41. The van der Waals surface area contributed by atoms with E-state index in [1.807, 2.05) is 32.0 Å². The van der Waals surface area contributed by atoms with Crippen molar-refractivity contribution in [2.75, 3.05) is 5.75 Å². The number of carbonyl (C=O) groups is 1. The molecule has 7 heteroatoms. The lowest BCUT2D eigenvalue weighted by atomic mass is 9.77. The highest BCUT2D eigenvalue weighted by molar-refractivity contribution is 8.00. The summed E-state index contributed by atoms with van der Waals surface area (Å²) in [6, 6.07) is 18.3. The van der Waals surface area contributed by atoms with Crippen molar-refractivity contribution in [2.24, 2.45) is 11.0 Å². The van der Waals surface area contributed by atoms with Gasteiger partial charge in [-0.05, 0) is 61.6 Å². The third-order valence-electron chi connectivity index (χ3n) is 6.45. The Morgan fingerprint density at radius 2 is 1.97 bits per heavy atom. The summed E-state index contributed by atoms with van der Waals surface area (Å²) < 4.78 is 13.7. The Hall–Kier alpha value is -3.50. The van der Waals surface area contributed by atoms with Gasteiger partial charge in [-0.2, -0.15) is 10.4 Å². The molecule has 1 aliphatic heterocycles. The van der Waals surface area contributed by atoms with Gasteiger partial charge in [0.25, 0.3) is 5.91 Å². The van der Waals surface area contributed by atoms with Crippen LogP contribution in [0.2, 0.25) is 0 Å². The highest BCUT2D eigenvalue weighted by Crippen LogP contribution is 2.43. The lowest BCUT2D eigenvalue weighted by Crippen LogP contribution is -2.33. The molecule has 0 unspecified atom stereocenters. The van der Waals surface area contributed by atoms with Crippen molar-refractivity contribution in [3.05, 3.63) is 93.9 Å². The van der Waals surface area contributed by atoms with Crippen LogP contribution in [0.15, 0.2) is 64.7 Å². The number of thioether (sulfide) groups is 1. The minimum atomic E-state index is -0.310. The number of amides is 1. The number of nitriles is 1. The highest BCUT2D eigenvalue weighted by Gasteiger charge is 2.43. The summed E-state index contributed by atoms with van der Waals surface area (Å²) in [6.45, 7) is 3.75. The SMILES string of the molecule is Cc1cc(C)c(C#N)c(SCC(=O)N2N=C3c4ccccc4CC[C@H]3[C@H]2c2ccc(F)cc2)n1. The van der Waals surface area contributed by atoms with Gasteiger partial charge in [0.2, 0.25) is 0 Å². The molecule has 1 aliphatic carbocycles. The molecule has 5 rings (SSSR count). The number of hydrogen-bond donors (Lipinski definition) is 0. The maximum atomic E-state index is 13.7. The van der Waals surface area contributed by atoms with Crippen molar-refractivity contribution in [1.82, 2.24) is 9.99 Å². The van der Waals surface area contributed by atoms with Gasteiger partial charge in [-0.1, -0.05) is 48.2 Å². The zero-order chi connectivity index (χ0) is 23.8. The van der Waals surface area contributed by atoms with Gasteiger partial charge in [0.05, 0.1) is 23.1 Å². The second-order valence-electron chi connectivity index (χ2n) is 8.68. The monoisotopic (exact) mass is 470 g/mol. The molecular weight excluding hydrogens is 447 g/mol. The van der Waals surface area contributed by atoms with E-state index in [9.17, 15) is 14.4 Å². The lowest BCUT2D eigenvalue weighted by molar-refractivity contribution is -0.130. The number of rotatable bonds is 4. The number of fused-ring (bicyclic) bond motifs is 3. The molecule has 5 nitrogen and oxygen atoms in total. The molecule has 1 aromatic heterocycles. The predicted octanol–water partition coefficient (Wildman–Crippen LogP) is 5.35. The molecule has 2 atom stereocenters. The molecule has 2 aliphatic rings. The van der Waals surface area contributed by atoms with Crippen LogP contribution in [0.3, 0.4) is 0 Å². The Morgan fingerprint density at radius 3 is 2.74 bits per heavy atom. The number of aromatic nitrogens is 1. The van der Waals surface area contributed by atoms with Crippen molar-refractivity contribution >= 4 is 23.4 Å². The van der Waals surface area contributed by atoms with Crippen LogP contribution in [0.4, 0.5) is 4.39 Å². The summed E-state index contributed by atoms with van der Waals surface area (Å²) in [5.41, 5.74) is 6.24. The molecule has 34 heavy (non-hydrogen) atoms.